The topological polar surface area (TPSA) is 75.5 Å². The third-order valence-corrected chi connectivity index (χ3v) is 6.47. The molecule has 0 N–H and O–H groups in total. The molecule has 1 aliphatic rings. The molecule has 1 aromatic carbocycles. The second-order valence-corrected chi connectivity index (χ2v) is 9.08. The molecule has 1 fully saturated rings. The van der Waals surface area contributed by atoms with Gasteiger partial charge in [-0.15, -0.1) is 0 Å². The first-order valence-electron chi connectivity index (χ1n) is 8.58. The van der Waals surface area contributed by atoms with Gasteiger partial charge in [-0.1, -0.05) is 18.2 Å². The number of amides is 1. The minimum Gasteiger partial charge on any atom is -0.340 e. The van der Waals surface area contributed by atoms with Gasteiger partial charge in [0.05, 0.1) is 29.9 Å². The van der Waals surface area contributed by atoms with Gasteiger partial charge in [0.1, 0.15) is 0 Å². The number of rotatable bonds is 6. The minimum atomic E-state index is -2.95. The summed E-state index contributed by atoms with van der Waals surface area (Å²) in [6.07, 6.45) is 4.26. The highest BCUT2D eigenvalue weighted by atomic mass is 32.2. The molecule has 0 saturated carbocycles. The van der Waals surface area contributed by atoms with E-state index in [1.54, 1.807) is 22.8 Å². The Morgan fingerprint density at radius 2 is 2.00 bits per heavy atom. The average molecular weight is 376 g/mol. The SMILES string of the molecule is CN(Cc1cnn(-c2ccccc2)c1)C(=O)CN(C)C1CCS(=O)(=O)C1. The Bertz CT molecular complexity index is 864. The molecule has 0 spiro atoms. The molecule has 2 heterocycles. The van der Waals surface area contributed by atoms with E-state index in [2.05, 4.69) is 5.10 Å². The van der Waals surface area contributed by atoms with Crippen LogP contribution in [0.5, 0.6) is 0 Å². The van der Waals surface area contributed by atoms with Gasteiger partial charge in [-0.05, 0) is 25.6 Å². The quantitative estimate of drug-likeness (QED) is 0.750. The van der Waals surface area contributed by atoms with Crippen molar-refractivity contribution in [2.24, 2.45) is 0 Å². The number of benzene rings is 1. The van der Waals surface area contributed by atoms with Gasteiger partial charge in [0.15, 0.2) is 9.84 Å². The van der Waals surface area contributed by atoms with Gasteiger partial charge < -0.3 is 4.90 Å². The van der Waals surface area contributed by atoms with E-state index in [0.29, 0.717) is 13.0 Å². The monoisotopic (exact) mass is 376 g/mol. The predicted molar refractivity (Wildman–Crippen MR) is 99.7 cm³/mol. The van der Waals surface area contributed by atoms with Crippen molar-refractivity contribution in [3.05, 3.63) is 48.3 Å². The maximum absolute atomic E-state index is 12.5. The summed E-state index contributed by atoms with van der Waals surface area (Å²) >= 11 is 0. The fraction of sp³-hybridized carbons (Fsp3) is 0.444. The van der Waals surface area contributed by atoms with Gasteiger partial charge in [-0.2, -0.15) is 5.10 Å². The molecular weight excluding hydrogens is 352 g/mol. The Morgan fingerprint density at radius 1 is 1.27 bits per heavy atom. The maximum Gasteiger partial charge on any atom is 0.236 e. The lowest BCUT2D eigenvalue weighted by Gasteiger charge is -2.25. The fourth-order valence-electron chi connectivity index (χ4n) is 3.11. The highest BCUT2D eigenvalue weighted by molar-refractivity contribution is 7.91. The molecule has 1 aliphatic heterocycles. The van der Waals surface area contributed by atoms with Crippen LogP contribution < -0.4 is 0 Å². The molecule has 140 valence electrons. The smallest absolute Gasteiger partial charge is 0.236 e. The van der Waals surface area contributed by atoms with Crippen molar-refractivity contribution < 1.29 is 13.2 Å². The van der Waals surface area contributed by atoms with Crippen LogP contribution in [0.25, 0.3) is 5.69 Å². The third-order valence-electron chi connectivity index (χ3n) is 4.72. The summed E-state index contributed by atoms with van der Waals surface area (Å²) in [6, 6.07) is 9.72. The fourth-order valence-corrected chi connectivity index (χ4v) is 4.92. The molecule has 1 amide bonds. The zero-order valence-electron chi connectivity index (χ0n) is 15.1. The van der Waals surface area contributed by atoms with E-state index in [4.69, 9.17) is 0 Å². The van der Waals surface area contributed by atoms with Gasteiger partial charge in [0, 0.05) is 31.4 Å². The molecule has 1 unspecified atom stereocenters. The van der Waals surface area contributed by atoms with Crippen LogP contribution >= 0.6 is 0 Å². The molecule has 26 heavy (non-hydrogen) atoms. The lowest BCUT2D eigenvalue weighted by atomic mass is 10.2. The van der Waals surface area contributed by atoms with Crippen LogP contribution in [0.3, 0.4) is 0 Å². The standard InChI is InChI=1S/C18H24N4O3S/c1-20(17-8-9-26(24,25)14-17)13-18(23)21(2)11-15-10-19-22(12-15)16-6-4-3-5-7-16/h3-7,10,12,17H,8-9,11,13-14H2,1-2H3. The average Bonchev–Trinajstić information content (AvgIpc) is 3.22. The highest BCUT2D eigenvalue weighted by Crippen LogP contribution is 2.16. The van der Waals surface area contributed by atoms with Crippen molar-refractivity contribution in [2.75, 3.05) is 32.1 Å². The maximum atomic E-state index is 12.5. The zero-order valence-corrected chi connectivity index (χ0v) is 15.9. The van der Waals surface area contributed by atoms with E-state index in [0.717, 1.165) is 11.3 Å². The molecule has 8 heteroatoms. The minimum absolute atomic E-state index is 0.0377. The van der Waals surface area contributed by atoms with Crippen LogP contribution in [0.2, 0.25) is 0 Å². The van der Waals surface area contributed by atoms with Crippen LogP contribution in [0, 0.1) is 0 Å². The summed E-state index contributed by atoms with van der Waals surface area (Å²) in [5, 5.41) is 4.34. The molecule has 3 rings (SSSR count). The van der Waals surface area contributed by atoms with Crippen LogP contribution in [0.15, 0.2) is 42.7 Å². The van der Waals surface area contributed by atoms with E-state index >= 15 is 0 Å². The Morgan fingerprint density at radius 3 is 2.65 bits per heavy atom. The predicted octanol–water partition coefficient (Wildman–Crippen LogP) is 0.950. The first-order valence-corrected chi connectivity index (χ1v) is 10.4. The van der Waals surface area contributed by atoms with Gasteiger partial charge in [0.2, 0.25) is 5.91 Å². The molecule has 1 saturated heterocycles. The van der Waals surface area contributed by atoms with Crippen molar-refractivity contribution in [1.29, 1.82) is 0 Å². The Kier molecular flexibility index (Phi) is 5.43. The van der Waals surface area contributed by atoms with E-state index < -0.39 is 9.84 Å². The third kappa shape index (κ3) is 4.50. The van der Waals surface area contributed by atoms with Crippen LogP contribution in [-0.4, -0.2) is 72.1 Å². The van der Waals surface area contributed by atoms with E-state index in [1.165, 1.54) is 0 Å². The molecule has 0 radical (unpaired) electrons. The highest BCUT2D eigenvalue weighted by Gasteiger charge is 2.31. The summed E-state index contributed by atoms with van der Waals surface area (Å²) in [7, 11) is 0.615. The van der Waals surface area contributed by atoms with Gasteiger partial charge >= 0.3 is 0 Å². The first-order chi connectivity index (χ1) is 12.3. The van der Waals surface area contributed by atoms with Crippen molar-refractivity contribution in [3.63, 3.8) is 0 Å². The number of carbonyl (C=O) groups excluding carboxylic acids is 1. The lowest BCUT2D eigenvalue weighted by molar-refractivity contribution is -0.131. The summed E-state index contributed by atoms with van der Waals surface area (Å²) in [6.45, 7) is 0.673. The number of para-hydroxylation sites is 1. The number of nitrogens with zero attached hydrogens (tertiary/aromatic N) is 4. The lowest BCUT2D eigenvalue weighted by Crippen LogP contribution is -2.41. The number of sulfone groups is 1. The Labute approximate surface area is 154 Å². The second kappa shape index (κ2) is 7.59. The first kappa shape index (κ1) is 18.6. The van der Waals surface area contributed by atoms with Gasteiger partial charge in [-0.25, -0.2) is 13.1 Å². The zero-order chi connectivity index (χ0) is 18.7. The van der Waals surface area contributed by atoms with Crippen molar-refractivity contribution >= 4 is 15.7 Å². The van der Waals surface area contributed by atoms with Crippen LogP contribution in [0.1, 0.15) is 12.0 Å². The van der Waals surface area contributed by atoms with Gasteiger partial charge in [0.25, 0.3) is 0 Å². The van der Waals surface area contributed by atoms with E-state index in [-0.39, 0.29) is 30.0 Å². The molecule has 0 aliphatic carbocycles. The van der Waals surface area contributed by atoms with Crippen molar-refractivity contribution in [3.8, 4) is 5.69 Å². The molecular formula is C18H24N4O3S. The molecule has 7 nitrogen and oxygen atoms in total. The van der Waals surface area contributed by atoms with E-state index in [9.17, 15) is 13.2 Å². The molecule has 1 aromatic heterocycles. The Hall–Kier alpha value is -2.19. The summed E-state index contributed by atoms with van der Waals surface area (Å²) in [5.74, 6) is 0.318. The van der Waals surface area contributed by atoms with Gasteiger partial charge in [-0.3, -0.25) is 9.69 Å². The molecule has 2 aromatic rings. The van der Waals surface area contributed by atoms with E-state index in [1.807, 2.05) is 48.5 Å². The largest absolute Gasteiger partial charge is 0.340 e. The number of hydrogen-bond donors (Lipinski definition) is 0. The Balaban J connectivity index is 1.55. The summed E-state index contributed by atoms with van der Waals surface area (Å²) in [5.41, 5.74) is 1.91. The molecule has 1 atom stereocenters. The van der Waals surface area contributed by atoms with Crippen molar-refractivity contribution in [2.45, 2.75) is 19.0 Å². The number of carbonyl (C=O) groups is 1. The van der Waals surface area contributed by atoms with Crippen LogP contribution in [-0.2, 0) is 21.2 Å². The second-order valence-electron chi connectivity index (χ2n) is 6.85. The number of hydrogen-bond acceptors (Lipinski definition) is 5. The van der Waals surface area contributed by atoms with Crippen molar-refractivity contribution in [1.82, 2.24) is 19.6 Å². The molecule has 0 bridgehead atoms. The summed E-state index contributed by atoms with van der Waals surface area (Å²) in [4.78, 5) is 15.9. The number of likely N-dealkylation sites (N-methyl/N-ethyl adjacent to an activating group) is 2. The summed E-state index contributed by atoms with van der Waals surface area (Å²) < 4.78 is 25.0. The number of aromatic nitrogens is 2. The van der Waals surface area contributed by atoms with Crippen LogP contribution in [0.4, 0.5) is 0 Å². The normalized spacial score (nSPS) is 19.0.